The lowest BCUT2D eigenvalue weighted by molar-refractivity contribution is 0.112. The van der Waals surface area contributed by atoms with E-state index in [4.69, 9.17) is 21.1 Å². The first-order valence-electron chi connectivity index (χ1n) is 6.56. The number of methoxy groups -OCH3 is 1. The van der Waals surface area contributed by atoms with Gasteiger partial charge in [-0.05, 0) is 42.5 Å². The molecule has 0 aliphatic carbocycles. The number of carbonyl (C=O) groups is 1. The molecular weight excluding hydrogens is 302 g/mol. The van der Waals surface area contributed by atoms with Crippen molar-refractivity contribution in [1.82, 2.24) is 4.98 Å². The second kappa shape index (κ2) is 6.03. The Kier molecular flexibility index (Phi) is 3.94. The molecule has 0 fully saturated rings. The lowest BCUT2D eigenvalue weighted by Gasteiger charge is -2.12. The molecule has 0 spiro atoms. The summed E-state index contributed by atoms with van der Waals surface area (Å²) in [5, 5.41) is 1.46. The molecule has 0 radical (unpaired) electrons. The summed E-state index contributed by atoms with van der Waals surface area (Å²) in [5.74, 6) is 1.65. The molecule has 3 rings (SSSR count). The van der Waals surface area contributed by atoms with Crippen LogP contribution in [0.3, 0.4) is 0 Å². The topological polar surface area (TPSA) is 48.4 Å². The van der Waals surface area contributed by atoms with Crippen LogP contribution in [-0.2, 0) is 0 Å². The van der Waals surface area contributed by atoms with Crippen molar-refractivity contribution in [2.24, 2.45) is 0 Å². The Bertz CT molecular complexity index is 848. The smallest absolute Gasteiger partial charge is 0.169 e. The monoisotopic (exact) mass is 313 g/mol. The fraction of sp³-hybridized carbons (Fsp3) is 0.0588. The number of pyridine rings is 1. The molecule has 0 atom stereocenters. The van der Waals surface area contributed by atoms with Gasteiger partial charge in [0.05, 0.1) is 12.6 Å². The molecule has 0 saturated heterocycles. The van der Waals surface area contributed by atoms with Crippen LogP contribution in [0.5, 0.6) is 17.2 Å². The number of ether oxygens (including phenoxy) is 2. The Balaban J connectivity index is 2.05. The van der Waals surface area contributed by atoms with Crippen molar-refractivity contribution >= 4 is 28.8 Å². The fourth-order valence-electron chi connectivity index (χ4n) is 2.14. The average molecular weight is 314 g/mol. The summed E-state index contributed by atoms with van der Waals surface area (Å²) in [5.41, 5.74) is 1.27. The Morgan fingerprint density at radius 3 is 2.68 bits per heavy atom. The summed E-state index contributed by atoms with van der Waals surface area (Å²) in [4.78, 5) is 15.1. The van der Waals surface area contributed by atoms with Gasteiger partial charge in [-0.15, -0.1) is 0 Å². The standard InChI is InChI=1S/C17H12ClNO3/c1-21-17-8-11(10-20)2-5-16(17)22-15-6-7-19-14-9-12(18)3-4-13(14)15/h2-10H,1H3. The first kappa shape index (κ1) is 14.4. The molecular formula is C17H12ClNO3. The maximum Gasteiger partial charge on any atom is 0.169 e. The third kappa shape index (κ3) is 2.73. The van der Waals surface area contributed by atoms with Crippen molar-refractivity contribution < 1.29 is 14.3 Å². The maximum atomic E-state index is 10.8. The fourth-order valence-corrected chi connectivity index (χ4v) is 2.31. The van der Waals surface area contributed by atoms with E-state index in [1.165, 1.54) is 7.11 Å². The van der Waals surface area contributed by atoms with E-state index in [1.54, 1.807) is 42.6 Å². The number of hydrogen-bond donors (Lipinski definition) is 0. The molecule has 0 bridgehead atoms. The number of fused-ring (bicyclic) bond motifs is 1. The van der Waals surface area contributed by atoms with Gasteiger partial charge in [-0.2, -0.15) is 0 Å². The molecule has 4 nitrogen and oxygen atoms in total. The van der Waals surface area contributed by atoms with E-state index < -0.39 is 0 Å². The maximum absolute atomic E-state index is 10.8. The van der Waals surface area contributed by atoms with Crippen LogP contribution < -0.4 is 9.47 Å². The molecule has 22 heavy (non-hydrogen) atoms. The van der Waals surface area contributed by atoms with Crippen LogP contribution in [-0.4, -0.2) is 18.4 Å². The van der Waals surface area contributed by atoms with Crippen LogP contribution in [0.1, 0.15) is 10.4 Å². The first-order chi connectivity index (χ1) is 10.7. The molecule has 2 aromatic carbocycles. The summed E-state index contributed by atoms with van der Waals surface area (Å²) in [7, 11) is 1.53. The lowest BCUT2D eigenvalue weighted by atomic mass is 10.2. The van der Waals surface area contributed by atoms with Gasteiger partial charge in [-0.25, -0.2) is 0 Å². The van der Waals surface area contributed by atoms with Crippen LogP contribution in [0.15, 0.2) is 48.7 Å². The predicted octanol–water partition coefficient (Wildman–Crippen LogP) is 4.50. The van der Waals surface area contributed by atoms with Crippen LogP contribution in [0, 0.1) is 0 Å². The quantitative estimate of drug-likeness (QED) is 0.665. The third-order valence-electron chi connectivity index (χ3n) is 3.21. The normalized spacial score (nSPS) is 10.5. The van der Waals surface area contributed by atoms with Crippen LogP contribution >= 0.6 is 11.6 Å². The number of rotatable bonds is 4. The second-order valence-electron chi connectivity index (χ2n) is 4.60. The van der Waals surface area contributed by atoms with Gasteiger partial charge >= 0.3 is 0 Å². The van der Waals surface area contributed by atoms with Crippen molar-refractivity contribution in [2.75, 3.05) is 7.11 Å². The number of aldehydes is 1. The summed E-state index contributed by atoms with van der Waals surface area (Å²) >= 11 is 5.98. The van der Waals surface area contributed by atoms with Gasteiger partial charge in [0.15, 0.2) is 11.5 Å². The molecule has 0 unspecified atom stereocenters. The highest BCUT2D eigenvalue weighted by Crippen LogP contribution is 2.35. The van der Waals surface area contributed by atoms with Gasteiger partial charge in [0.1, 0.15) is 12.0 Å². The van der Waals surface area contributed by atoms with Crippen molar-refractivity contribution in [2.45, 2.75) is 0 Å². The third-order valence-corrected chi connectivity index (χ3v) is 3.44. The second-order valence-corrected chi connectivity index (χ2v) is 5.04. The molecule has 110 valence electrons. The molecule has 0 saturated carbocycles. The Morgan fingerprint density at radius 1 is 1.05 bits per heavy atom. The minimum absolute atomic E-state index is 0.489. The summed E-state index contributed by atoms with van der Waals surface area (Å²) in [6.45, 7) is 0. The number of aromatic nitrogens is 1. The first-order valence-corrected chi connectivity index (χ1v) is 6.94. The van der Waals surface area contributed by atoms with Gasteiger partial charge in [-0.1, -0.05) is 11.6 Å². The Hall–Kier alpha value is -2.59. The Morgan fingerprint density at radius 2 is 1.91 bits per heavy atom. The SMILES string of the molecule is COc1cc(C=O)ccc1Oc1ccnc2cc(Cl)ccc12. The largest absolute Gasteiger partial charge is 0.493 e. The number of benzene rings is 2. The molecule has 5 heteroatoms. The number of nitrogens with zero attached hydrogens (tertiary/aromatic N) is 1. The van der Waals surface area contributed by atoms with E-state index in [2.05, 4.69) is 4.98 Å². The van der Waals surface area contributed by atoms with E-state index in [9.17, 15) is 4.79 Å². The van der Waals surface area contributed by atoms with E-state index in [1.807, 2.05) is 6.07 Å². The highest BCUT2D eigenvalue weighted by Gasteiger charge is 2.10. The van der Waals surface area contributed by atoms with Crippen LogP contribution in [0.2, 0.25) is 5.02 Å². The highest BCUT2D eigenvalue weighted by atomic mass is 35.5. The van der Waals surface area contributed by atoms with Crippen molar-refractivity contribution in [1.29, 1.82) is 0 Å². The van der Waals surface area contributed by atoms with Gasteiger partial charge in [0.2, 0.25) is 0 Å². The molecule has 1 heterocycles. The number of halogens is 1. The van der Waals surface area contributed by atoms with Crippen molar-refractivity contribution in [3.63, 3.8) is 0 Å². The van der Waals surface area contributed by atoms with Crippen molar-refractivity contribution in [3.05, 3.63) is 59.2 Å². The van der Waals surface area contributed by atoms with E-state index >= 15 is 0 Å². The zero-order valence-corrected chi connectivity index (χ0v) is 12.5. The van der Waals surface area contributed by atoms with Crippen molar-refractivity contribution in [3.8, 4) is 17.2 Å². The van der Waals surface area contributed by atoms with E-state index in [-0.39, 0.29) is 0 Å². The van der Waals surface area contributed by atoms with Crippen LogP contribution in [0.25, 0.3) is 10.9 Å². The molecule has 0 aliphatic heterocycles. The summed E-state index contributed by atoms with van der Waals surface area (Å²) in [6.07, 6.45) is 2.41. The molecule has 3 aromatic rings. The highest BCUT2D eigenvalue weighted by molar-refractivity contribution is 6.31. The van der Waals surface area contributed by atoms with Crippen LogP contribution in [0.4, 0.5) is 0 Å². The van der Waals surface area contributed by atoms with E-state index in [0.29, 0.717) is 27.8 Å². The minimum Gasteiger partial charge on any atom is -0.493 e. The van der Waals surface area contributed by atoms with E-state index in [0.717, 1.165) is 17.2 Å². The predicted molar refractivity (Wildman–Crippen MR) is 85.2 cm³/mol. The van der Waals surface area contributed by atoms with Gasteiger partial charge in [-0.3, -0.25) is 9.78 Å². The Labute approximate surface area is 132 Å². The molecule has 1 aromatic heterocycles. The molecule has 0 N–H and O–H groups in total. The molecule has 0 amide bonds. The summed E-state index contributed by atoms with van der Waals surface area (Å²) < 4.78 is 11.2. The number of carbonyl (C=O) groups excluding carboxylic acids is 1. The van der Waals surface area contributed by atoms with Gasteiger partial charge in [0.25, 0.3) is 0 Å². The van der Waals surface area contributed by atoms with Gasteiger partial charge in [0, 0.05) is 22.2 Å². The zero-order valence-electron chi connectivity index (χ0n) is 11.7. The minimum atomic E-state index is 0.489. The zero-order chi connectivity index (χ0) is 15.5. The average Bonchev–Trinajstić information content (AvgIpc) is 2.55. The molecule has 0 aliphatic rings. The summed E-state index contributed by atoms with van der Waals surface area (Å²) in [6, 6.07) is 12.2. The lowest BCUT2D eigenvalue weighted by Crippen LogP contribution is -1.93. The number of hydrogen-bond acceptors (Lipinski definition) is 4. The van der Waals surface area contributed by atoms with Gasteiger partial charge < -0.3 is 9.47 Å².